The van der Waals surface area contributed by atoms with Crippen molar-refractivity contribution in [1.29, 1.82) is 0 Å². The zero-order valence-electron chi connectivity index (χ0n) is 16.5. The first-order valence-corrected chi connectivity index (χ1v) is 9.32. The van der Waals surface area contributed by atoms with E-state index in [0.717, 1.165) is 11.1 Å². The van der Waals surface area contributed by atoms with Crippen molar-refractivity contribution < 1.29 is 23.5 Å². The third kappa shape index (κ3) is 6.38. The van der Waals surface area contributed by atoms with Crippen LogP contribution in [0.25, 0.3) is 5.57 Å². The Morgan fingerprint density at radius 1 is 1.19 bits per heavy atom. The summed E-state index contributed by atoms with van der Waals surface area (Å²) < 4.78 is 23.8. The summed E-state index contributed by atoms with van der Waals surface area (Å²) in [5, 5.41) is 0. The summed E-state index contributed by atoms with van der Waals surface area (Å²) in [6.07, 6.45) is 2.56. The molecule has 1 aliphatic heterocycles. The second kappa shape index (κ2) is 9.02. The van der Waals surface area contributed by atoms with Gasteiger partial charge in [0.05, 0.1) is 6.61 Å². The zero-order chi connectivity index (χ0) is 20.0. The Morgan fingerprint density at radius 3 is 2.30 bits per heavy atom. The molecule has 0 atom stereocenters. The van der Waals surface area contributed by atoms with E-state index < -0.39 is 11.6 Å². The number of amides is 1. The lowest BCUT2D eigenvalue weighted by Crippen LogP contribution is -2.41. The summed E-state index contributed by atoms with van der Waals surface area (Å²) in [4.78, 5) is 25.9. The number of likely N-dealkylation sites (tertiary alicyclic amines) is 1. The standard InChI is InChI=1S/C21H28FNO4/c1-5-26-19(24)14-18(15-6-8-17(22)9-7-15)16-10-12-23(13-11-16)20(25)27-21(2,3)4/h6-9,14,16H,5,10-13H2,1-4H3/b18-14+. The average Bonchev–Trinajstić information content (AvgIpc) is 2.59. The van der Waals surface area contributed by atoms with E-state index in [-0.39, 0.29) is 17.8 Å². The predicted octanol–water partition coefficient (Wildman–Crippen LogP) is 4.42. The van der Waals surface area contributed by atoms with Gasteiger partial charge in [-0.3, -0.25) is 0 Å². The lowest BCUT2D eigenvalue weighted by Gasteiger charge is -2.34. The highest BCUT2D eigenvalue weighted by molar-refractivity contribution is 5.92. The molecule has 1 amide bonds. The van der Waals surface area contributed by atoms with Crippen LogP contribution in [0.3, 0.4) is 0 Å². The summed E-state index contributed by atoms with van der Waals surface area (Å²) in [5.74, 6) is -0.654. The van der Waals surface area contributed by atoms with Crippen LogP contribution in [0.5, 0.6) is 0 Å². The molecular weight excluding hydrogens is 349 g/mol. The molecule has 0 bridgehead atoms. The number of carbonyl (C=O) groups is 2. The van der Waals surface area contributed by atoms with Gasteiger partial charge in [-0.2, -0.15) is 0 Å². The summed E-state index contributed by atoms with van der Waals surface area (Å²) >= 11 is 0. The quantitative estimate of drug-likeness (QED) is 0.576. The number of ether oxygens (including phenoxy) is 2. The number of allylic oxidation sites excluding steroid dienone is 1. The second-order valence-corrected chi connectivity index (χ2v) is 7.60. The lowest BCUT2D eigenvalue weighted by molar-refractivity contribution is -0.137. The molecule has 0 saturated carbocycles. The third-order valence-electron chi connectivity index (χ3n) is 4.32. The highest BCUT2D eigenvalue weighted by atomic mass is 19.1. The molecule has 148 valence electrons. The molecule has 1 saturated heterocycles. The topological polar surface area (TPSA) is 55.8 Å². The fourth-order valence-electron chi connectivity index (χ4n) is 3.09. The fraction of sp³-hybridized carbons (Fsp3) is 0.524. The summed E-state index contributed by atoms with van der Waals surface area (Å²) in [6.45, 7) is 8.65. The summed E-state index contributed by atoms with van der Waals surface area (Å²) in [5.41, 5.74) is 1.08. The van der Waals surface area contributed by atoms with E-state index in [1.165, 1.54) is 18.2 Å². The van der Waals surface area contributed by atoms with Gasteiger partial charge in [0.1, 0.15) is 11.4 Å². The van der Waals surface area contributed by atoms with Gasteiger partial charge in [-0.1, -0.05) is 12.1 Å². The molecule has 0 spiro atoms. The van der Waals surface area contributed by atoms with Gasteiger partial charge in [0.2, 0.25) is 0 Å². The number of halogens is 1. The summed E-state index contributed by atoms with van der Waals surface area (Å²) in [7, 11) is 0. The molecule has 0 aliphatic carbocycles. The van der Waals surface area contributed by atoms with Gasteiger partial charge in [0.25, 0.3) is 0 Å². The van der Waals surface area contributed by atoms with Gasteiger partial charge in [0, 0.05) is 19.2 Å². The van der Waals surface area contributed by atoms with Crippen molar-refractivity contribution in [3.63, 3.8) is 0 Å². The Balaban J connectivity index is 2.13. The van der Waals surface area contributed by atoms with E-state index in [0.29, 0.717) is 32.5 Å². The van der Waals surface area contributed by atoms with Crippen LogP contribution in [-0.4, -0.2) is 42.3 Å². The van der Waals surface area contributed by atoms with Crippen LogP contribution in [0.15, 0.2) is 30.3 Å². The van der Waals surface area contributed by atoms with Gasteiger partial charge in [-0.05, 0) is 69.7 Å². The van der Waals surface area contributed by atoms with Gasteiger partial charge >= 0.3 is 12.1 Å². The fourth-order valence-corrected chi connectivity index (χ4v) is 3.09. The SMILES string of the molecule is CCOC(=O)/C=C(\c1ccc(F)cc1)C1CCN(C(=O)OC(C)(C)C)CC1. The highest BCUT2D eigenvalue weighted by Gasteiger charge is 2.29. The van der Waals surface area contributed by atoms with Gasteiger partial charge in [0.15, 0.2) is 0 Å². The minimum Gasteiger partial charge on any atom is -0.463 e. The monoisotopic (exact) mass is 377 g/mol. The minimum absolute atomic E-state index is 0.0820. The van der Waals surface area contributed by atoms with Crippen LogP contribution >= 0.6 is 0 Å². The van der Waals surface area contributed by atoms with Crippen LogP contribution < -0.4 is 0 Å². The number of esters is 1. The Bertz CT molecular complexity index is 683. The Kier molecular flexibility index (Phi) is 6.99. The van der Waals surface area contributed by atoms with Crippen molar-refractivity contribution in [2.24, 2.45) is 5.92 Å². The van der Waals surface area contributed by atoms with Crippen molar-refractivity contribution in [2.45, 2.75) is 46.1 Å². The Hall–Kier alpha value is -2.37. The van der Waals surface area contributed by atoms with Gasteiger partial charge < -0.3 is 14.4 Å². The van der Waals surface area contributed by atoms with Crippen LogP contribution in [-0.2, 0) is 14.3 Å². The number of rotatable bonds is 4. The molecule has 2 rings (SSSR count). The maximum absolute atomic E-state index is 13.3. The van der Waals surface area contributed by atoms with E-state index in [9.17, 15) is 14.0 Å². The molecule has 1 aromatic carbocycles. The maximum Gasteiger partial charge on any atom is 0.410 e. The van der Waals surface area contributed by atoms with Crippen molar-refractivity contribution >= 4 is 17.6 Å². The first kappa shape index (κ1) is 20.9. The highest BCUT2D eigenvalue weighted by Crippen LogP contribution is 2.32. The van der Waals surface area contributed by atoms with Crippen molar-refractivity contribution in [1.82, 2.24) is 4.90 Å². The molecule has 1 aromatic rings. The number of hydrogen-bond donors (Lipinski definition) is 0. The van der Waals surface area contributed by atoms with Crippen LogP contribution in [0, 0.1) is 11.7 Å². The number of benzene rings is 1. The zero-order valence-corrected chi connectivity index (χ0v) is 16.5. The molecular formula is C21H28FNO4. The van der Waals surface area contributed by atoms with Gasteiger partial charge in [-0.15, -0.1) is 0 Å². The van der Waals surface area contributed by atoms with Crippen LogP contribution in [0.1, 0.15) is 46.1 Å². The predicted molar refractivity (Wildman–Crippen MR) is 102 cm³/mol. The number of piperidine rings is 1. The van der Waals surface area contributed by atoms with E-state index in [2.05, 4.69) is 0 Å². The van der Waals surface area contributed by atoms with Crippen LogP contribution in [0.2, 0.25) is 0 Å². The number of carbonyl (C=O) groups excluding carboxylic acids is 2. The first-order chi connectivity index (χ1) is 12.7. The first-order valence-electron chi connectivity index (χ1n) is 9.32. The minimum atomic E-state index is -0.531. The van der Waals surface area contributed by atoms with E-state index >= 15 is 0 Å². The van der Waals surface area contributed by atoms with Crippen molar-refractivity contribution in [2.75, 3.05) is 19.7 Å². The molecule has 1 aliphatic rings. The normalized spacial score (nSPS) is 16.2. The van der Waals surface area contributed by atoms with E-state index in [1.54, 1.807) is 24.0 Å². The largest absolute Gasteiger partial charge is 0.463 e. The molecule has 0 unspecified atom stereocenters. The molecule has 0 N–H and O–H groups in total. The Labute approximate surface area is 160 Å². The Morgan fingerprint density at radius 2 is 1.78 bits per heavy atom. The number of hydrogen-bond acceptors (Lipinski definition) is 4. The van der Waals surface area contributed by atoms with E-state index in [4.69, 9.17) is 9.47 Å². The third-order valence-corrected chi connectivity index (χ3v) is 4.32. The second-order valence-electron chi connectivity index (χ2n) is 7.60. The maximum atomic E-state index is 13.3. The summed E-state index contributed by atoms with van der Waals surface area (Å²) in [6, 6.07) is 6.09. The van der Waals surface area contributed by atoms with Crippen molar-refractivity contribution in [3.8, 4) is 0 Å². The molecule has 1 heterocycles. The van der Waals surface area contributed by atoms with Crippen molar-refractivity contribution in [3.05, 3.63) is 41.7 Å². The van der Waals surface area contributed by atoms with E-state index in [1.807, 2.05) is 20.8 Å². The molecule has 1 fully saturated rings. The number of nitrogens with zero attached hydrogens (tertiary/aromatic N) is 1. The average molecular weight is 377 g/mol. The molecule has 5 nitrogen and oxygen atoms in total. The molecule has 27 heavy (non-hydrogen) atoms. The van der Waals surface area contributed by atoms with Gasteiger partial charge in [-0.25, -0.2) is 14.0 Å². The smallest absolute Gasteiger partial charge is 0.410 e. The molecule has 0 aromatic heterocycles. The lowest BCUT2D eigenvalue weighted by atomic mass is 9.85. The molecule has 0 radical (unpaired) electrons. The molecule has 6 heteroatoms. The van der Waals surface area contributed by atoms with Crippen LogP contribution in [0.4, 0.5) is 9.18 Å².